The second kappa shape index (κ2) is 22.3. The SMILES string of the molecule is Cc1ccc(-c2cn(CC3CCOCC3)cc(C(=O)Cc3ccc(Cl)nn3)c2=O)cc1.Cc1ccc(-c2cn(CC3CCOCC3)cc(C(=O)O)c2=O)cc1.Nc1ccc(Cl)nn1. The molecule has 0 bridgehead atoms. The van der Waals surface area contributed by atoms with E-state index in [0.717, 1.165) is 80.9 Å². The molecule has 2 saturated heterocycles. The van der Waals surface area contributed by atoms with E-state index in [-0.39, 0.29) is 33.9 Å². The van der Waals surface area contributed by atoms with E-state index in [4.69, 9.17) is 38.4 Å². The summed E-state index contributed by atoms with van der Waals surface area (Å²) in [6, 6.07) is 21.8. The molecular weight excluding hydrogens is 845 g/mol. The number of aryl methyl sites for hydroxylation is 2. The quantitative estimate of drug-likeness (QED) is 0.127. The number of benzene rings is 2. The molecule has 0 unspecified atom stereocenters. The van der Waals surface area contributed by atoms with Gasteiger partial charge in [0.15, 0.2) is 21.5 Å². The highest BCUT2D eigenvalue weighted by atomic mass is 35.5. The number of aromatic carboxylic acids is 1. The smallest absolute Gasteiger partial charge is 0.341 e. The number of aromatic nitrogens is 6. The first kappa shape index (κ1) is 46.4. The number of carbonyl (C=O) groups excluding carboxylic acids is 1. The summed E-state index contributed by atoms with van der Waals surface area (Å²) in [6.07, 6.45) is 10.6. The number of carboxylic acids is 1. The second-order valence-corrected chi connectivity index (χ2v) is 16.4. The maximum absolute atomic E-state index is 13.3. The van der Waals surface area contributed by atoms with Crippen molar-refractivity contribution in [3.63, 3.8) is 0 Å². The zero-order chi connectivity index (χ0) is 44.9. The molecule has 0 atom stereocenters. The van der Waals surface area contributed by atoms with Crippen LogP contribution in [0.2, 0.25) is 10.3 Å². The second-order valence-electron chi connectivity index (χ2n) is 15.6. The van der Waals surface area contributed by atoms with Gasteiger partial charge in [-0.25, -0.2) is 4.79 Å². The molecule has 0 aliphatic carbocycles. The molecule has 16 heteroatoms. The summed E-state index contributed by atoms with van der Waals surface area (Å²) >= 11 is 11.2. The molecule has 0 saturated carbocycles. The molecule has 2 aliphatic heterocycles. The number of carboxylic acid groups (broad SMARTS) is 1. The number of rotatable bonds is 10. The van der Waals surface area contributed by atoms with Crippen molar-refractivity contribution in [3.8, 4) is 22.3 Å². The first-order chi connectivity index (χ1) is 30.3. The summed E-state index contributed by atoms with van der Waals surface area (Å²) in [7, 11) is 0. The molecule has 8 rings (SSSR count). The van der Waals surface area contributed by atoms with Crippen LogP contribution in [0.15, 0.2) is 107 Å². The van der Waals surface area contributed by atoms with E-state index in [9.17, 15) is 24.3 Å². The Kier molecular flexibility index (Phi) is 16.5. The van der Waals surface area contributed by atoms with Gasteiger partial charge in [-0.15, -0.1) is 15.3 Å². The van der Waals surface area contributed by atoms with Crippen LogP contribution in [0.5, 0.6) is 0 Å². The van der Waals surface area contributed by atoms with Gasteiger partial charge < -0.3 is 29.4 Å². The summed E-state index contributed by atoms with van der Waals surface area (Å²) in [5.74, 6) is -0.193. The number of ketones is 1. The first-order valence-electron chi connectivity index (χ1n) is 20.6. The predicted octanol–water partition coefficient (Wildman–Crippen LogP) is 7.78. The molecule has 328 valence electrons. The Morgan fingerprint density at radius 2 is 1.08 bits per heavy atom. The lowest BCUT2D eigenvalue weighted by Gasteiger charge is -2.23. The van der Waals surface area contributed by atoms with Gasteiger partial charge in [-0.1, -0.05) is 82.9 Å². The van der Waals surface area contributed by atoms with Crippen molar-refractivity contribution in [2.75, 3.05) is 32.2 Å². The van der Waals surface area contributed by atoms with Gasteiger partial charge in [-0.2, -0.15) is 5.10 Å². The van der Waals surface area contributed by atoms with E-state index in [2.05, 4.69) is 20.4 Å². The Hall–Kier alpha value is -6.06. The number of nitrogens with two attached hydrogens (primary N) is 1. The van der Waals surface area contributed by atoms with Crippen molar-refractivity contribution in [1.82, 2.24) is 29.5 Å². The fourth-order valence-corrected chi connectivity index (χ4v) is 7.38. The van der Waals surface area contributed by atoms with E-state index >= 15 is 0 Å². The summed E-state index contributed by atoms with van der Waals surface area (Å²) in [5, 5.41) is 24.7. The monoisotopic (exact) mass is 893 g/mol. The minimum Gasteiger partial charge on any atom is -0.477 e. The van der Waals surface area contributed by atoms with Crippen LogP contribution in [-0.2, 0) is 29.0 Å². The topological polar surface area (TPSA) is 194 Å². The lowest BCUT2D eigenvalue weighted by Crippen LogP contribution is -2.25. The number of nitrogens with zero attached hydrogens (tertiary/aromatic N) is 6. The van der Waals surface area contributed by atoms with Gasteiger partial charge in [-0.3, -0.25) is 14.4 Å². The minimum absolute atomic E-state index is 0.00592. The van der Waals surface area contributed by atoms with Crippen molar-refractivity contribution in [3.05, 3.63) is 156 Å². The van der Waals surface area contributed by atoms with Crippen LogP contribution in [-0.4, -0.2) is 72.8 Å². The maximum atomic E-state index is 13.3. The van der Waals surface area contributed by atoms with Gasteiger partial charge >= 0.3 is 5.97 Å². The fraction of sp³-hybridized carbons (Fsp3) is 0.319. The van der Waals surface area contributed by atoms with Crippen molar-refractivity contribution in [1.29, 1.82) is 0 Å². The number of nitrogen functional groups attached to an aromatic ring is 1. The highest BCUT2D eigenvalue weighted by molar-refractivity contribution is 6.29. The highest BCUT2D eigenvalue weighted by Gasteiger charge is 2.21. The molecule has 0 amide bonds. The van der Waals surface area contributed by atoms with E-state index < -0.39 is 11.4 Å². The van der Waals surface area contributed by atoms with Gasteiger partial charge in [0.25, 0.3) is 0 Å². The Labute approximate surface area is 374 Å². The maximum Gasteiger partial charge on any atom is 0.341 e. The van der Waals surface area contributed by atoms with E-state index in [1.807, 2.05) is 77.7 Å². The van der Waals surface area contributed by atoms with Gasteiger partial charge in [-0.05, 0) is 86.8 Å². The van der Waals surface area contributed by atoms with E-state index in [1.54, 1.807) is 36.7 Å². The van der Waals surface area contributed by atoms with Crippen molar-refractivity contribution in [2.45, 2.75) is 59.0 Å². The van der Waals surface area contributed by atoms with E-state index in [0.29, 0.717) is 46.2 Å². The Balaban J connectivity index is 0.000000182. The molecule has 0 radical (unpaired) electrons. The number of halogens is 2. The lowest BCUT2D eigenvalue weighted by molar-refractivity contribution is 0.0609. The molecule has 63 heavy (non-hydrogen) atoms. The van der Waals surface area contributed by atoms with E-state index in [1.165, 1.54) is 6.20 Å². The molecule has 6 heterocycles. The molecule has 2 aliphatic rings. The minimum atomic E-state index is -1.19. The van der Waals surface area contributed by atoms with Crippen LogP contribution in [0.3, 0.4) is 0 Å². The zero-order valence-electron chi connectivity index (χ0n) is 35.1. The normalized spacial score (nSPS) is 14.2. The third-order valence-corrected chi connectivity index (χ3v) is 11.1. The van der Waals surface area contributed by atoms with Crippen LogP contribution < -0.4 is 16.6 Å². The molecule has 14 nitrogen and oxygen atoms in total. The molecule has 2 aromatic carbocycles. The summed E-state index contributed by atoms with van der Waals surface area (Å²) in [5.41, 5.74) is 9.67. The van der Waals surface area contributed by atoms with Gasteiger partial charge in [0, 0.05) is 75.4 Å². The fourth-order valence-electron chi connectivity index (χ4n) is 7.18. The molecule has 4 aromatic heterocycles. The number of hydrogen-bond donors (Lipinski definition) is 2. The van der Waals surface area contributed by atoms with Crippen LogP contribution in [0.1, 0.15) is 63.2 Å². The van der Waals surface area contributed by atoms with Crippen LogP contribution in [0.4, 0.5) is 5.82 Å². The number of anilines is 1. The molecule has 6 aromatic rings. The molecule has 2 fully saturated rings. The first-order valence-corrected chi connectivity index (χ1v) is 21.4. The molecular formula is C47H49Cl2N7O7. The lowest BCUT2D eigenvalue weighted by atomic mass is 9.98. The van der Waals surface area contributed by atoms with Crippen LogP contribution in [0.25, 0.3) is 22.3 Å². The third-order valence-electron chi connectivity index (χ3n) is 10.7. The number of Topliss-reactive ketones (excluding diaryl/α,β-unsaturated/α-hetero) is 1. The largest absolute Gasteiger partial charge is 0.477 e. The number of hydrogen-bond acceptors (Lipinski definition) is 11. The standard InChI is InChI=1S/C24H24ClN3O3.C19H21NO4.C4H4ClN3/c1-16-2-4-18(5-3-16)20-14-28(13-17-8-10-31-11-9-17)15-21(24(20)30)22(29)12-19-6-7-23(25)27-26-19;1-13-2-4-15(5-3-13)16-11-20(10-14-6-8-24-9-7-14)12-17(18(16)21)19(22)23;5-3-1-2-4(6)8-7-3/h2-7,14-15,17H,8-13H2,1H3;2-5,11-12,14H,6-10H2,1H3,(H,22,23);1-2H,(H2,6,8). The van der Waals surface area contributed by atoms with Gasteiger partial charge in [0.1, 0.15) is 11.4 Å². The Bertz CT molecular complexity index is 2570. The van der Waals surface area contributed by atoms with Crippen molar-refractivity contribution >= 4 is 40.8 Å². The van der Waals surface area contributed by atoms with Crippen LogP contribution in [0, 0.1) is 25.7 Å². The highest BCUT2D eigenvalue weighted by Crippen LogP contribution is 2.23. The van der Waals surface area contributed by atoms with Crippen molar-refractivity contribution in [2.24, 2.45) is 11.8 Å². The number of pyridine rings is 2. The average Bonchev–Trinajstić information content (AvgIpc) is 3.28. The molecule has 0 spiro atoms. The van der Waals surface area contributed by atoms with Crippen molar-refractivity contribution < 1.29 is 24.2 Å². The Morgan fingerprint density at radius 1 is 0.635 bits per heavy atom. The molecule has 3 N–H and O–H groups in total. The number of carbonyl (C=O) groups is 2. The zero-order valence-corrected chi connectivity index (χ0v) is 36.6. The van der Waals surface area contributed by atoms with Gasteiger partial charge in [0.2, 0.25) is 5.43 Å². The third kappa shape index (κ3) is 13.5. The summed E-state index contributed by atoms with van der Waals surface area (Å²) in [4.78, 5) is 50.3. The van der Waals surface area contributed by atoms with Crippen LogP contribution >= 0.6 is 23.2 Å². The predicted molar refractivity (Wildman–Crippen MR) is 242 cm³/mol. The van der Waals surface area contributed by atoms with Gasteiger partial charge in [0.05, 0.1) is 17.7 Å². The number of ether oxygens (including phenoxy) is 2. The summed E-state index contributed by atoms with van der Waals surface area (Å²) in [6.45, 7) is 8.38. The Morgan fingerprint density at radius 3 is 1.49 bits per heavy atom. The average molecular weight is 895 g/mol. The summed E-state index contributed by atoms with van der Waals surface area (Å²) < 4.78 is 14.7.